The maximum atomic E-state index is 13.0. The molecule has 0 aromatic heterocycles. The van der Waals surface area contributed by atoms with Gasteiger partial charge in [-0.3, -0.25) is 0 Å². The number of halogens is 1. The van der Waals surface area contributed by atoms with Gasteiger partial charge in [0, 0.05) is 12.5 Å². The van der Waals surface area contributed by atoms with E-state index in [1.807, 2.05) is 24.3 Å². The van der Waals surface area contributed by atoms with Crippen LogP contribution in [0.3, 0.4) is 0 Å². The van der Waals surface area contributed by atoms with Crippen LogP contribution in [0, 0.1) is 5.82 Å². The monoisotopic (exact) mass is 257 g/mol. The number of anilines is 1. The van der Waals surface area contributed by atoms with E-state index in [1.54, 1.807) is 7.11 Å². The molecule has 0 spiro atoms. The third kappa shape index (κ3) is 2.28. The summed E-state index contributed by atoms with van der Waals surface area (Å²) in [7, 11) is 1.68. The van der Waals surface area contributed by atoms with Gasteiger partial charge >= 0.3 is 0 Å². The van der Waals surface area contributed by atoms with Gasteiger partial charge in [-0.25, -0.2) is 4.39 Å². The van der Waals surface area contributed by atoms with Crippen molar-refractivity contribution in [1.29, 1.82) is 0 Å². The molecule has 98 valence electrons. The van der Waals surface area contributed by atoms with Gasteiger partial charge in [0.1, 0.15) is 11.6 Å². The number of nitrogens with one attached hydrogen (secondary N) is 1. The second kappa shape index (κ2) is 4.92. The van der Waals surface area contributed by atoms with Gasteiger partial charge in [0.25, 0.3) is 0 Å². The molecule has 0 aliphatic carbocycles. The lowest BCUT2D eigenvalue weighted by Gasteiger charge is -2.27. The summed E-state index contributed by atoms with van der Waals surface area (Å²) in [5.41, 5.74) is 3.51. The van der Waals surface area contributed by atoms with Gasteiger partial charge in [-0.1, -0.05) is 24.3 Å². The molecule has 1 atom stereocenters. The minimum atomic E-state index is -0.186. The standard InChI is InChI=1S/C16H16FNO/c1-19-15-4-2-3-12-9-13(10-18-16(12)15)11-5-7-14(17)8-6-11/h2-8,13,18H,9-10H2,1H3. The second-order valence-electron chi connectivity index (χ2n) is 4.83. The number of para-hydroxylation sites is 1. The molecule has 2 nitrogen and oxygen atoms in total. The Balaban J connectivity index is 1.88. The van der Waals surface area contributed by atoms with Crippen LogP contribution in [0.5, 0.6) is 5.75 Å². The summed E-state index contributed by atoms with van der Waals surface area (Å²) in [5, 5.41) is 3.43. The van der Waals surface area contributed by atoms with E-state index >= 15 is 0 Å². The molecule has 0 saturated heterocycles. The van der Waals surface area contributed by atoms with Crippen LogP contribution in [0.4, 0.5) is 10.1 Å². The fourth-order valence-corrected chi connectivity index (χ4v) is 2.65. The number of fused-ring (bicyclic) bond motifs is 1. The highest BCUT2D eigenvalue weighted by Crippen LogP contribution is 2.36. The van der Waals surface area contributed by atoms with Gasteiger partial charge < -0.3 is 10.1 Å². The lowest BCUT2D eigenvalue weighted by atomic mass is 9.88. The molecule has 1 N–H and O–H groups in total. The van der Waals surface area contributed by atoms with Crippen molar-refractivity contribution < 1.29 is 9.13 Å². The van der Waals surface area contributed by atoms with Gasteiger partial charge in [0.2, 0.25) is 0 Å². The van der Waals surface area contributed by atoms with Crippen molar-refractivity contribution in [3.05, 3.63) is 59.4 Å². The summed E-state index contributed by atoms with van der Waals surface area (Å²) in [5.74, 6) is 1.07. The average molecular weight is 257 g/mol. The smallest absolute Gasteiger partial charge is 0.142 e. The topological polar surface area (TPSA) is 21.3 Å². The Morgan fingerprint density at radius 3 is 2.68 bits per heavy atom. The van der Waals surface area contributed by atoms with Gasteiger partial charge in [0.15, 0.2) is 0 Å². The van der Waals surface area contributed by atoms with Crippen LogP contribution < -0.4 is 10.1 Å². The lowest BCUT2D eigenvalue weighted by molar-refractivity contribution is 0.415. The van der Waals surface area contributed by atoms with E-state index in [4.69, 9.17) is 4.74 Å². The van der Waals surface area contributed by atoms with Crippen molar-refractivity contribution in [3.63, 3.8) is 0 Å². The van der Waals surface area contributed by atoms with Crippen LogP contribution in [0.15, 0.2) is 42.5 Å². The Morgan fingerprint density at radius 1 is 1.16 bits per heavy atom. The summed E-state index contributed by atoms with van der Waals surface area (Å²) < 4.78 is 18.3. The van der Waals surface area contributed by atoms with Crippen LogP contribution in [0.25, 0.3) is 0 Å². The van der Waals surface area contributed by atoms with E-state index in [-0.39, 0.29) is 5.82 Å². The minimum Gasteiger partial charge on any atom is -0.495 e. The first-order valence-electron chi connectivity index (χ1n) is 6.43. The van der Waals surface area contributed by atoms with Gasteiger partial charge in [-0.2, -0.15) is 0 Å². The Labute approximate surface area is 112 Å². The number of benzene rings is 2. The zero-order valence-electron chi connectivity index (χ0n) is 10.8. The van der Waals surface area contributed by atoms with Crippen LogP contribution in [-0.2, 0) is 6.42 Å². The number of ether oxygens (including phenoxy) is 1. The Hall–Kier alpha value is -2.03. The highest BCUT2D eigenvalue weighted by atomic mass is 19.1. The van der Waals surface area contributed by atoms with E-state index in [0.717, 1.165) is 24.4 Å². The fraction of sp³-hybridized carbons (Fsp3) is 0.250. The summed E-state index contributed by atoms with van der Waals surface area (Å²) in [6.45, 7) is 0.846. The van der Waals surface area contributed by atoms with E-state index < -0.39 is 0 Å². The maximum absolute atomic E-state index is 13.0. The van der Waals surface area contributed by atoms with Crippen molar-refractivity contribution >= 4 is 5.69 Å². The summed E-state index contributed by atoms with van der Waals surface area (Å²) in [6.07, 6.45) is 0.950. The first-order valence-corrected chi connectivity index (χ1v) is 6.43. The molecule has 2 aromatic rings. The van der Waals surface area contributed by atoms with Gasteiger partial charge in [-0.15, -0.1) is 0 Å². The predicted molar refractivity (Wildman–Crippen MR) is 74.3 cm³/mol. The lowest BCUT2D eigenvalue weighted by Crippen LogP contribution is -2.22. The van der Waals surface area contributed by atoms with E-state index in [1.165, 1.54) is 23.3 Å². The van der Waals surface area contributed by atoms with E-state index in [0.29, 0.717) is 5.92 Å². The number of rotatable bonds is 2. The van der Waals surface area contributed by atoms with Crippen LogP contribution in [0.2, 0.25) is 0 Å². The molecule has 0 radical (unpaired) electrons. The highest BCUT2D eigenvalue weighted by molar-refractivity contribution is 5.64. The molecular weight excluding hydrogens is 241 g/mol. The van der Waals surface area contributed by atoms with Gasteiger partial charge in [-0.05, 0) is 35.7 Å². The molecule has 1 aliphatic heterocycles. The third-order valence-corrected chi connectivity index (χ3v) is 3.67. The summed E-state index contributed by atoms with van der Waals surface area (Å²) in [4.78, 5) is 0. The molecule has 0 bridgehead atoms. The summed E-state index contributed by atoms with van der Waals surface area (Å²) in [6, 6.07) is 12.9. The molecule has 1 unspecified atom stereocenters. The minimum absolute atomic E-state index is 0.186. The largest absolute Gasteiger partial charge is 0.495 e. The molecule has 0 fully saturated rings. The SMILES string of the molecule is COc1cccc2c1NCC(c1ccc(F)cc1)C2. The molecular formula is C16H16FNO. The van der Waals surface area contributed by atoms with Crippen LogP contribution in [0.1, 0.15) is 17.0 Å². The number of hydrogen-bond acceptors (Lipinski definition) is 2. The third-order valence-electron chi connectivity index (χ3n) is 3.67. The molecule has 2 aromatic carbocycles. The molecule has 0 amide bonds. The zero-order valence-corrected chi connectivity index (χ0v) is 10.8. The van der Waals surface area contributed by atoms with Crippen molar-refractivity contribution in [2.75, 3.05) is 19.0 Å². The first-order chi connectivity index (χ1) is 9.28. The molecule has 3 heteroatoms. The van der Waals surface area contributed by atoms with Gasteiger partial charge in [0.05, 0.1) is 12.8 Å². The van der Waals surface area contributed by atoms with E-state index in [9.17, 15) is 4.39 Å². The van der Waals surface area contributed by atoms with Crippen LogP contribution >= 0.6 is 0 Å². The molecule has 19 heavy (non-hydrogen) atoms. The highest BCUT2D eigenvalue weighted by Gasteiger charge is 2.21. The van der Waals surface area contributed by atoms with Crippen molar-refractivity contribution in [3.8, 4) is 5.75 Å². The Kier molecular flexibility index (Phi) is 3.11. The quantitative estimate of drug-likeness (QED) is 0.887. The maximum Gasteiger partial charge on any atom is 0.142 e. The average Bonchev–Trinajstić information content (AvgIpc) is 2.47. The predicted octanol–water partition coefficient (Wildman–Crippen LogP) is 3.59. The Bertz CT molecular complexity index is 580. The number of methoxy groups -OCH3 is 1. The van der Waals surface area contributed by atoms with E-state index in [2.05, 4.69) is 11.4 Å². The number of hydrogen-bond donors (Lipinski definition) is 1. The fourth-order valence-electron chi connectivity index (χ4n) is 2.65. The Morgan fingerprint density at radius 2 is 1.95 bits per heavy atom. The zero-order chi connectivity index (χ0) is 13.2. The molecule has 1 heterocycles. The molecule has 3 rings (SSSR count). The van der Waals surface area contributed by atoms with Crippen molar-refractivity contribution in [2.24, 2.45) is 0 Å². The van der Waals surface area contributed by atoms with Crippen LogP contribution in [-0.4, -0.2) is 13.7 Å². The normalized spacial score (nSPS) is 17.5. The second-order valence-corrected chi connectivity index (χ2v) is 4.83. The first kappa shape index (κ1) is 12.0. The molecule has 1 aliphatic rings. The van der Waals surface area contributed by atoms with Crippen molar-refractivity contribution in [2.45, 2.75) is 12.3 Å². The van der Waals surface area contributed by atoms with Crippen molar-refractivity contribution in [1.82, 2.24) is 0 Å². The molecule has 0 saturated carbocycles. The summed E-state index contributed by atoms with van der Waals surface area (Å²) >= 11 is 0.